The molecule has 0 atom stereocenters. The predicted molar refractivity (Wildman–Crippen MR) is 68.0 cm³/mol. The zero-order valence-corrected chi connectivity index (χ0v) is 10.7. The van der Waals surface area contributed by atoms with Crippen LogP contribution in [0.4, 0.5) is 0 Å². The van der Waals surface area contributed by atoms with E-state index in [2.05, 4.69) is 16.3 Å². The normalized spacial score (nSPS) is 10.3. The van der Waals surface area contributed by atoms with Crippen LogP contribution < -0.4 is 10.1 Å². The highest BCUT2D eigenvalue weighted by Gasteiger charge is 2.03. The molecule has 0 aromatic heterocycles. The van der Waals surface area contributed by atoms with Gasteiger partial charge in [-0.05, 0) is 31.8 Å². The van der Waals surface area contributed by atoms with Crippen LogP contribution in [0.25, 0.3) is 0 Å². The first-order valence-corrected chi connectivity index (χ1v) is 5.60. The number of benzene rings is 1. The number of ether oxygens (including phenoxy) is 1. The molecule has 0 saturated heterocycles. The van der Waals surface area contributed by atoms with E-state index >= 15 is 0 Å². The topological polar surface area (TPSA) is 48.3 Å². The molecule has 1 aromatic rings. The van der Waals surface area contributed by atoms with Crippen LogP contribution in [0.3, 0.4) is 0 Å². The van der Waals surface area contributed by atoms with E-state index in [0.717, 1.165) is 25.2 Å². The average Bonchev–Trinajstić information content (AvgIpc) is 2.34. The molecule has 1 N–H and O–H groups in total. The zero-order valence-electron chi connectivity index (χ0n) is 10.7. The molecule has 4 heteroatoms. The van der Waals surface area contributed by atoms with Gasteiger partial charge in [0.25, 0.3) is 0 Å². The van der Waals surface area contributed by atoms with E-state index in [4.69, 9.17) is 10.00 Å². The van der Waals surface area contributed by atoms with Crippen molar-refractivity contribution in [3.8, 4) is 11.8 Å². The van der Waals surface area contributed by atoms with Gasteiger partial charge in [0.15, 0.2) is 0 Å². The van der Waals surface area contributed by atoms with Gasteiger partial charge in [-0.1, -0.05) is 6.07 Å². The van der Waals surface area contributed by atoms with E-state index in [1.165, 1.54) is 0 Å². The highest BCUT2D eigenvalue weighted by Crippen LogP contribution is 2.18. The zero-order chi connectivity index (χ0) is 12.7. The maximum absolute atomic E-state index is 8.86. The van der Waals surface area contributed by atoms with Gasteiger partial charge in [0.1, 0.15) is 11.8 Å². The number of methoxy groups -OCH3 is 1. The summed E-state index contributed by atoms with van der Waals surface area (Å²) in [5.41, 5.74) is 1.70. The highest BCUT2D eigenvalue weighted by molar-refractivity contribution is 5.45. The lowest BCUT2D eigenvalue weighted by Crippen LogP contribution is -2.26. The third-order valence-corrected chi connectivity index (χ3v) is 2.45. The second kappa shape index (κ2) is 6.89. The van der Waals surface area contributed by atoms with Crippen molar-refractivity contribution in [1.29, 1.82) is 5.26 Å². The molecule has 4 nitrogen and oxygen atoms in total. The molecule has 0 fully saturated rings. The maximum Gasteiger partial charge on any atom is 0.136 e. The summed E-state index contributed by atoms with van der Waals surface area (Å²) in [6, 6.07) is 7.75. The molecule has 1 aromatic carbocycles. The molecule has 0 spiro atoms. The predicted octanol–water partition coefficient (Wildman–Crippen LogP) is 1.22. The lowest BCUT2D eigenvalue weighted by atomic mass is 10.1. The number of likely N-dealkylation sites (N-methyl/N-ethyl adjacent to an activating group) is 1. The number of rotatable bonds is 6. The molecule has 0 bridgehead atoms. The summed E-state index contributed by atoms with van der Waals surface area (Å²) >= 11 is 0. The van der Waals surface area contributed by atoms with Gasteiger partial charge < -0.3 is 15.0 Å². The van der Waals surface area contributed by atoms with Crippen LogP contribution in [0, 0.1) is 11.3 Å². The van der Waals surface area contributed by atoms with E-state index < -0.39 is 0 Å². The number of nitrogens with zero attached hydrogens (tertiary/aromatic N) is 2. The van der Waals surface area contributed by atoms with Crippen LogP contribution in [0.2, 0.25) is 0 Å². The second-order valence-corrected chi connectivity index (χ2v) is 4.13. The first kappa shape index (κ1) is 13.5. The standard InChI is InChI=1S/C13H19N3O/c1-16(2)7-6-15-10-11-4-5-12(9-14)13(8-11)17-3/h4-5,8,15H,6-7,10H2,1-3H3. The molecule has 0 aliphatic carbocycles. The summed E-state index contributed by atoms with van der Waals surface area (Å²) in [6.45, 7) is 2.73. The summed E-state index contributed by atoms with van der Waals surface area (Å²) in [5, 5.41) is 12.2. The Bertz CT molecular complexity index is 396. The summed E-state index contributed by atoms with van der Waals surface area (Å²) in [7, 11) is 5.68. The van der Waals surface area contributed by atoms with Gasteiger partial charge in [-0.25, -0.2) is 0 Å². The van der Waals surface area contributed by atoms with Gasteiger partial charge >= 0.3 is 0 Å². The highest BCUT2D eigenvalue weighted by atomic mass is 16.5. The summed E-state index contributed by atoms with van der Waals surface area (Å²) in [4.78, 5) is 2.13. The number of hydrogen-bond acceptors (Lipinski definition) is 4. The summed E-state index contributed by atoms with van der Waals surface area (Å²) in [6.07, 6.45) is 0. The van der Waals surface area contributed by atoms with Gasteiger partial charge in [0, 0.05) is 19.6 Å². The van der Waals surface area contributed by atoms with Gasteiger partial charge in [-0.2, -0.15) is 5.26 Å². The SMILES string of the molecule is COc1cc(CNCCN(C)C)ccc1C#N. The molecule has 0 radical (unpaired) electrons. The first-order valence-electron chi connectivity index (χ1n) is 5.60. The fourth-order valence-electron chi connectivity index (χ4n) is 1.47. The quantitative estimate of drug-likeness (QED) is 0.750. The van der Waals surface area contributed by atoms with Crippen LogP contribution in [0.5, 0.6) is 5.75 Å². The van der Waals surface area contributed by atoms with Gasteiger partial charge in [-0.15, -0.1) is 0 Å². The minimum absolute atomic E-state index is 0.574. The van der Waals surface area contributed by atoms with Crippen molar-refractivity contribution in [2.24, 2.45) is 0 Å². The van der Waals surface area contributed by atoms with Crippen molar-refractivity contribution in [2.75, 3.05) is 34.3 Å². The lowest BCUT2D eigenvalue weighted by Gasteiger charge is -2.11. The Labute approximate surface area is 103 Å². The summed E-state index contributed by atoms with van der Waals surface area (Å²) < 4.78 is 5.16. The molecular formula is C13H19N3O. The Morgan fingerprint density at radius 3 is 2.76 bits per heavy atom. The molecule has 1 rings (SSSR count). The third kappa shape index (κ3) is 4.43. The van der Waals surface area contributed by atoms with Crippen molar-refractivity contribution >= 4 is 0 Å². The largest absolute Gasteiger partial charge is 0.495 e. The molecule has 0 aliphatic heterocycles. The fraction of sp³-hybridized carbons (Fsp3) is 0.462. The van der Waals surface area contributed by atoms with Crippen LogP contribution in [0.1, 0.15) is 11.1 Å². The molecule has 0 aliphatic rings. The molecular weight excluding hydrogens is 214 g/mol. The van der Waals surface area contributed by atoms with E-state index in [-0.39, 0.29) is 0 Å². The monoisotopic (exact) mass is 233 g/mol. The Balaban J connectivity index is 2.52. The molecule has 17 heavy (non-hydrogen) atoms. The minimum Gasteiger partial charge on any atom is -0.495 e. The average molecular weight is 233 g/mol. The first-order chi connectivity index (χ1) is 8.17. The van der Waals surface area contributed by atoms with Crippen molar-refractivity contribution in [3.05, 3.63) is 29.3 Å². The van der Waals surface area contributed by atoms with Crippen LogP contribution in [-0.4, -0.2) is 39.2 Å². The van der Waals surface area contributed by atoms with Gasteiger partial charge in [0.2, 0.25) is 0 Å². The van der Waals surface area contributed by atoms with Crippen LogP contribution in [-0.2, 0) is 6.54 Å². The Hall–Kier alpha value is -1.57. The maximum atomic E-state index is 8.86. The molecule has 0 saturated carbocycles. The number of nitrogens with one attached hydrogen (secondary N) is 1. The van der Waals surface area contributed by atoms with Crippen LogP contribution in [0.15, 0.2) is 18.2 Å². The smallest absolute Gasteiger partial charge is 0.136 e. The van der Waals surface area contributed by atoms with Gasteiger partial charge in [0.05, 0.1) is 12.7 Å². The van der Waals surface area contributed by atoms with Gasteiger partial charge in [-0.3, -0.25) is 0 Å². The van der Waals surface area contributed by atoms with E-state index in [9.17, 15) is 0 Å². The van der Waals surface area contributed by atoms with Crippen molar-refractivity contribution in [3.63, 3.8) is 0 Å². The van der Waals surface area contributed by atoms with Crippen molar-refractivity contribution in [1.82, 2.24) is 10.2 Å². The Kier molecular flexibility index (Phi) is 5.47. The molecule has 0 amide bonds. The number of nitriles is 1. The fourth-order valence-corrected chi connectivity index (χ4v) is 1.47. The second-order valence-electron chi connectivity index (χ2n) is 4.13. The number of hydrogen-bond donors (Lipinski definition) is 1. The molecule has 0 unspecified atom stereocenters. The lowest BCUT2D eigenvalue weighted by molar-refractivity contribution is 0.399. The minimum atomic E-state index is 0.574. The van der Waals surface area contributed by atoms with E-state index in [1.54, 1.807) is 13.2 Å². The molecule has 0 heterocycles. The summed E-state index contributed by atoms with van der Waals surface area (Å²) in [5.74, 6) is 0.638. The van der Waals surface area contributed by atoms with Crippen LogP contribution >= 0.6 is 0 Å². The van der Waals surface area contributed by atoms with E-state index in [0.29, 0.717) is 11.3 Å². The Morgan fingerprint density at radius 1 is 1.41 bits per heavy atom. The van der Waals surface area contributed by atoms with E-state index in [1.807, 2.05) is 26.2 Å². The third-order valence-electron chi connectivity index (χ3n) is 2.45. The molecule has 92 valence electrons. The Morgan fingerprint density at radius 2 is 2.18 bits per heavy atom. The van der Waals surface area contributed by atoms with Crippen molar-refractivity contribution < 1.29 is 4.74 Å². The van der Waals surface area contributed by atoms with Crippen molar-refractivity contribution in [2.45, 2.75) is 6.54 Å².